The molecular weight excluding hydrogens is 303 g/mol. The van der Waals surface area contributed by atoms with E-state index >= 15 is 0 Å². The fourth-order valence-electron chi connectivity index (χ4n) is 1.94. The molecule has 2 aromatic rings. The van der Waals surface area contributed by atoms with Crippen LogP contribution in [0.15, 0.2) is 57.2 Å². The largest absolute Gasteiger partial charge is 0.497 e. The SMILES string of the molecule is C[B]Sc1cc(C)ccc1S(=O)(=O)c1ccc(OC)cc1. The van der Waals surface area contributed by atoms with Crippen LogP contribution < -0.4 is 4.74 Å². The molecule has 2 aromatic carbocycles. The standard InChI is InChI=1S/C15H16BO3S2/c1-11-4-9-15(14(10-11)20-16-2)21(17,18)13-7-5-12(19-3)6-8-13/h4-10H,1-3H3. The third kappa shape index (κ3) is 3.44. The van der Waals surface area contributed by atoms with Gasteiger partial charge in [-0.15, -0.1) is 0 Å². The maximum Gasteiger partial charge on any atom is 0.207 e. The van der Waals surface area contributed by atoms with Gasteiger partial charge in [-0.2, -0.15) is 11.6 Å². The zero-order valence-electron chi connectivity index (χ0n) is 12.2. The monoisotopic (exact) mass is 319 g/mol. The van der Waals surface area contributed by atoms with Crippen molar-refractivity contribution in [1.82, 2.24) is 0 Å². The lowest BCUT2D eigenvalue weighted by atomic mass is 10.2. The van der Waals surface area contributed by atoms with Crippen molar-refractivity contribution in [2.45, 2.75) is 28.4 Å². The molecule has 0 N–H and O–H groups in total. The number of hydrogen-bond acceptors (Lipinski definition) is 4. The molecule has 109 valence electrons. The molecule has 0 spiro atoms. The van der Waals surface area contributed by atoms with Gasteiger partial charge in [0, 0.05) is 4.90 Å². The van der Waals surface area contributed by atoms with Crippen LogP contribution >= 0.6 is 11.6 Å². The second kappa shape index (κ2) is 6.58. The van der Waals surface area contributed by atoms with Crippen LogP contribution in [0.4, 0.5) is 0 Å². The normalized spacial score (nSPS) is 11.2. The van der Waals surface area contributed by atoms with Crippen LogP contribution in [0, 0.1) is 6.92 Å². The Morgan fingerprint density at radius 2 is 1.76 bits per heavy atom. The Kier molecular flexibility index (Phi) is 5.01. The Hall–Kier alpha value is -1.40. The average Bonchev–Trinajstić information content (AvgIpc) is 2.47. The van der Waals surface area contributed by atoms with Gasteiger partial charge in [-0.05, 0) is 48.9 Å². The third-order valence-electron chi connectivity index (χ3n) is 3.00. The summed E-state index contributed by atoms with van der Waals surface area (Å²) in [6.45, 7) is 5.71. The van der Waals surface area contributed by atoms with Crippen LogP contribution in [-0.4, -0.2) is 22.1 Å². The Balaban J connectivity index is 2.52. The Bertz CT molecular complexity index is 725. The van der Waals surface area contributed by atoms with Crippen molar-refractivity contribution in [2.75, 3.05) is 7.11 Å². The predicted molar refractivity (Wildman–Crippen MR) is 87.1 cm³/mol. The van der Waals surface area contributed by atoms with Crippen molar-refractivity contribution in [1.29, 1.82) is 0 Å². The van der Waals surface area contributed by atoms with Gasteiger partial charge in [-0.3, -0.25) is 0 Å². The highest BCUT2D eigenvalue weighted by atomic mass is 32.2. The summed E-state index contributed by atoms with van der Waals surface area (Å²) in [7, 11) is -1.98. The molecular formula is C15H16BO3S2. The Labute approximate surface area is 130 Å². The van der Waals surface area contributed by atoms with Crippen LogP contribution in [0.1, 0.15) is 5.56 Å². The zero-order chi connectivity index (χ0) is 15.5. The number of ether oxygens (including phenoxy) is 1. The molecule has 0 amide bonds. The van der Waals surface area contributed by atoms with Gasteiger partial charge < -0.3 is 4.74 Å². The highest BCUT2D eigenvalue weighted by Gasteiger charge is 2.21. The zero-order valence-corrected chi connectivity index (χ0v) is 13.8. The fraction of sp³-hybridized carbons (Fsp3) is 0.200. The second-order valence-electron chi connectivity index (χ2n) is 4.48. The smallest absolute Gasteiger partial charge is 0.207 e. The summed E-state index contributed by atoms with van der Waals surface area (Å²) in [5, 5.41) is 0. The third-order valence-corrected chi connectivity index (χ3v) is 5.79. The number of hydrogen-bond donors (Lipinski definition) is 0. The number of rotatable bonds is 5. The fourth-order valence-corrected chi connectivity index (χ4v) is 4.42. The maximum absolute atomic E-state index is 12.8. The predicted octanol–water partition coefficient (Wildman–Crippen LogP) is 3.60. The molecule has 0 aliphatic heterocycles. The molecule has 0 saturated heterocycles. The Morgan fingerprint density at radius 3 is 2.33 bits per heavy atom. The van der Waals surface area contributed by atoms with E-state index in [1.54, 1.807) is 37.4 Å². The van der Waals surface area contributed by atoms with Crippen LogP contribution in [-0.2, 0) is 9.84 Å². The van der Waals surface area contributed by atoms with E-state index in [9.17, 15) is 8.42 Å². The number of aryl methyl sites for hydroxylation is 1. The van der Waals surface area contributed by atoms with Crippen molar-refractivity contribution in [2.24, 2.45) is 0 Å². The summed E-state index contributed by atoms with van der Waals surface area (Å²) in [6.07, 6.45) is 0. The van der Waals surface area contributed by atoms with E-state index in [2.05, 4.69) is 0 Å². The molecule has 0 unspecified atom stereocenters. The molecule has 3 nitrogen and oxygen atoms in total. The molecule has 0 atom stereocenters. The van der Waals surface area contributed by atoms with Gasteiger partial charge in [0.25, 0.3) is 0 Å². The first kappa shape index (κ1) is 16.0. The van der Waals surface area contributed by atoms with Crippen molar-refractivity contribution >= 4 is 28.0 Å². The molecule has 0 aliphatic rings. The van der Waals surface area contributed by atoms with Gasteiger partial charge in [-0.25, -0.2) is 8.42 Å². The molecule has 1 radical (unpaired) electrons. The van der Waals surface area contributed by atoms with Crippen LogP contribution in [0.2, 0.25) is 6.82 Å². The lowest BCUT2D eigenvalue weighted by Gasteiger charge is -2.11. The first-order chi connectivity index (χ1) is 9.98. The molecule has 0 aliphatic carbocycles. The van der Waals surface area contributed by atoms with Gasteiger partial charge in [0.05, 0.1) is 16.9 Å². The number of sulfone groups is 1. The van der Waals surface area contributed by atoms with Gasteiger partial charge in [0.1, 0.15) is 5.75 Å². The van der Waals surface area contributed by atoms with Crippen molar-refractivity contribution in [3.63, 3.8) is 0 Å². The first-order valence-electron chi connectivity index (χ1n) is 6.43. The van der Waals surface area contributed by atoms with Gasteiger partial charge in [0.2, 0.25) is 9.84 Å². The summed E-state index contributed by atoms with van der Waals surface area (Å²) in [5.41, 5.74) is 1.04. The molecule has 0 fully saturated rings. The molecule has 0 heterocycles. The van der Waals surface area contributed by atoms with Crippen LogP contribution in [0.25, 0.3) is 0 Å². The minimum atomic E-state index is -3.53. The lowest BCUT2D eigenvalue weighted by Crippen LogP contribution is -2.04. The number of methoxy groups -OCH3 is 1. The van der Waals surface area contributed by atoms with E-state index in [0.29, 0.717) is 10.6 Å². The summed E-state index contributed by atoms with van der Waals surface area (Å²) in [5.74, 6) is 0.634. The summed E-state index contributed by atoms with van der Waals surface area (Å²) in [4.78, 5) is 1.35. The molecule has 2 rings (SSSR count). The van der Waals surface area contributed by atoms with E-state index in [0.717, 1.165) is 10.5 Å². The highest BCUT2D eigenvalue weighted by molar-refractivity contribution is 8.22. The summed E-state index contributed by atoms with van der Waals surface area (Å²) in [6, 6.07) is 11.8. The van der Waals surface area contributed by atoms with Crippen molar-refractivity contribution < 1.29 is 13.2 Å². The minimum Gasteiger partial charge on any atom is -0.497 e. The van der Waals surface area contributed by atoms with E-state index < -0.39 is 9.84 Å². The second-order valence-corrected chi connectivity index (χ2v) is 7.55. The van der Waals surface area contributed by atoms with E-state index in [-0.39, 0.29) is 4.90 Å². The molecule has 6 heteroatoms. The van der Waals surface area contributed by atoms with E-state index in [4.69, 9.17) is 4.74 Å². The van der Waals surface area contributed by atoms with Crippen molar-refractivity contribution in [3.8, 4) is 5.75 Å². The van der Waals surface area contributed by atoms with Gasteiger partial charge >= 0.3 is 0 Å². The molecule has 0 saturated carbocycles. The quantitative estimate of drug-likeness (QED) is 0.790. The highest BCUT2D eigenvalue weighted by Crippen LogP contribution is 2.31. The van der Waals surface area contributed by atoms with Gasteiger partial charge in [-0.1, -0.05) is 12.9 Å². The molecule has 0 aromatic heterocycles. The topological polar surface area (TPSA) is 43.4 Å². The van der Waals surface area contributed by atoms with Crippen LogP contribution in [0.5, 0.6) is 5.75 Å². The first-order valence-corrected chi connectivity index (χ1v) is 8.79. The maximum atomic E-state index is 12.8. The Morgan fingerprint density at radius 1 is 1.10 bits per heavy atom. The van der Waals surface area contributed by atoms with E-state index in [1.807, 2.05) is 32.4 Å². The molecule has 21 heavy (non-hydrogen) atoms. The van der Waals surface area contributed by atoms with E-state index in [1.165, 1.54) is 11.6 Å². The summed E-state index contributed by atoms with van der Waals surface area (Å²) >= 11 is 1.42. The minimum absolute atomic E-state index is 0.269. The number of benzene rings is 2. The molecule has 0 bridgehead atoms. The van der Waals surface area contributed by atoms with Crippen LogP contribution in [0.3, 0.4) is 0 Å². The summed E-state index contributed by atoms with van der Waals surface area (Å²) < 4.78 is 30.6. The van der Waals surface area contributed by atoms with Gasteiger partial charge in [0.15, 0.2) is 6.56 Å². The lowest BCUT2D eigenvalue weighted by molar-refractivity contribution is 0.414. The van der Waals surface area contributed by atoms with Crippen molar-refractivity contribution in [3.05, 3.63) is 48.0 Å². The average molecular weight is 319 g/mol.